The van der Waals surface area contributed by atoms with Crippen LogP contribution < -0.4 is 0 Å². The van der Waals surface area contributed by atoms with Crippen LogP contribution in [0.5, 0.6) is 0 Å². The van der Waals surface area contributed by atoms with Gasteiger partial charge in [-0.2, -0.15) is 0 Å². The maximum absolute atomic E-state index is 10.5. The summed E-state index contributed by atoms with van der Waals surface area (Å²) in [5.41, 5.74) is 0. The van der Waals surface area contributed by atoms with Crippen molar-refractivity contribution < 1.29 is 23.7 Å². The molecule has 0 bridgehead atoms. The molecule has 0 amide bonds. The van der Waals surface area contributed by atoms with Crippen LogP contribution in [0.25, 0.3) is 0 Å². The molecule has 0 aromatic heterocycles. The molecule has 6 heteroatoms. The molecular weight excluding hydrogens is 288 g/mol. The Kier molecular flexibility index (Phi) is 4.37. The Labute approximate surface area is 129 Å². The third kappa shape index (κ3) is 3.68. The highest BCUT2D eigenvalue weighted by molar-refractivity contribution is 6.74. The van der Waals surface area contributed by atoms with Gasteiger partial charge in [0, 0.05) is 6.42 Å². The molecule has 0 aromatic rings. The lowest BCUT2D eigenvalue weighted by atomic mass is 10.0. The Balaban J connectivity index is 1.99. The predicted molar refractivity (Wildman–Crippen MR) is 82.5 cm³/mol. The second-order valence-corrected chi connectivity index (χ2v) is 13.0. The molecule has 3 atom stereocenters. The van der Waals surface area contributed by atoms with Crippen molar-refractivity contribution in [3.05, 3.63) is 0 Å². The SMILES string of the molecule is CC1(C)OC[C@@]2(C[C@H](O)[C@H](O[Si](C)(C)C(C)(C)C)CO2)O1. The number of rotatable bonds is 2. The van der Waals surface area contributed by atoms with Crippen molar-refractivity contribution in [3.63, 3.8) is 0 Å². The van der Waals surface area contributed by atoms with E-state index in [4.69, 9.17) is 18.6 Å². The Morgan fingerprint density at radius 2 is 1.81 bits per heavy atom. The number of hydrogen-bond acceptors (Lipinski definition) is 5. The Morgan fingerprint density at radius 3 is 2.24 bits per heavy atom. The summed E-state index contributed by atoms with van der Waals surface area (Å²) in [6.07, 6.45) is -0.496. The molecule has 0 aliphatic carbocycles. The summed E-state index contributed by atoms with van der Waals surface area (Å²) in [5, 5.41) is 10.6. The molecule has 21 heavy (non-hydrogen) atoms. The first-order valence-electron chi connectivity index (χ1n) is 7.70. The van der Waals surface area contributed by atoms with E-state index >= 15 is 0 Å². The molecule has 0 unspecified atom stereocenters. The predicted octanol–water partition coefficient (Wildman–Crippen LogP) is 2.64. The van der Waals surface area contributed by atoms with Gasteiger partial charge < -0.3 is 23.7 Å². The van der Waals surface area contributed by atoms with Crippen molar-refractivity contribution in [1.82, 2.24) is 0 Å². The van der Waals surface area contributed by atoms with Crippen LogP contribution in [0.3, 0.4) is 0 Å². The van der Waals surface area contributed by atoms with Crippen LogP contribution in [0.4, 0.5) is 0 Å². The third-order valence-electron chi connectivity index (χ3n) is 4.78. The number of aliphatic hydroxyl groups is 1. The molecule has 2 aliphatic rings. The molecule has 2 heterocycles. The van der Waals surface area contributed by atoms with Crippen LogP contribution in [0.1, 0.15) is 41.0 Å². The molecule has 0 radical (unpaired) electrons. The van der Waals surface area contributed by atoms with Crippen LogP contribution in [0.2, 0.25) is 18.1 Å². The third-order valence-corrected chi connectivity index (χ3v) is 9.29. The van der Waals surface area contributed by atoms with Crippen molar-refractivity contribution in [2.24, 2.45) is 0 Å². The summed E-state index contributed by atoms with van der Waals surface area (Å²) in [7, 11) is -1.93. The number of aliphatic hydroxyl groups excluding tert-OH is 1. The first kappa shape index (κ1) is 17.4. The van der Waals surface area contributed by atoms with Crippen molar-refractivity contribution in [3.8, 4) is 0 Å². The summed E-state index contributed by atoms with van der Waals surface area (Å²) in [6, 6.07) is 0. The zero-order valence-electron chi connectivity index (χ0n) is 14.4. The fourth-order valence-electron chi connectivity index (χ4n) is 2.48. The fraction of sp³-hybridized carbons (Fsp3) is 1.00. The van der Waals surface area contributed by atoms with Crippen LogP contribution >= 0.6 is 0 Å². The maximum atomic E-state index is 10.5. The zero-order valence-corrected chi connectivity index (χ0v) is 15.4. The maximum Gasteiger partial charge on any atom is 0.197 e. The molecule has 2 saturated heterocycles. The fourth-order valence-corrected chi connectivity index (χ4v) is 3.82. The van der Waals surface area contributed by atoms with E-state index in [-0.39, 0.29) is 11.1 Å². The second-order valence-electron chi connectivity index (χ2n) is 8.20. The lowest BCUT2D eigenvalue weighted by molar-refractivity contribution is -0.293. The van der Waals surface area contributed by atoms with E-state index in [1.165, 1.54) is 0 Å². The summed E-state index contributed by atoms with van der Waals surface area (Å²) in [5.74, 6) is -1.48. The van der Waals surface area contributed by atoms with Gasteiger partial charge in [-0.3, -0.25) is 0 Å². The van der Waals surface area contributed by atoms with E-state index < -0.39 is 26.0 Å². The molecular formula is C15H30O5Si. The largest absolute Gasteiger partial charge is 0.409 e. The lowest BCUT2D eigenvalue weighted by Gasteiger charge is -2.45. The molecule has 1 N–H and O–H groups in total. The first-order chi connectivity index (χ1) is 9.36. The van der Waals surface area contributed by atoms with Crippen LogP contribution in [0.15, 0.2) is 0 Å². The highest BCUT2D eigenvalue weighted by atomic mass is 28.4. The Bertz CT molecular complexity index is 390. The molecule has 0 aromatic carbocycles. The number of ether oxygens (including phenoxy) is 3. The van der Waals surface area contributed by atoms with Crippen molar-refractivity contribution in [2.45, 2.75) is 83.0 Å². The summed E-state index contributed by atoms with van der Waals surface area (Å²) in [6.45, 7) is 15.3. The van der Waals surface area contributed by atoms with Crippen molar-refractivity contribution in [2.75, 3.05) is 13.2 Å². The van der Waals surface area contributed by atoms with E-state index in [2.05, 4.69) is 33.9 Å². The smallest absolute Gasteiger partial charge is 0.197 e. The van der Waals surface area contributed by atoms with Gasteiger partial charge in [0.25, 0.3) is 0 Å². The van der Waals surface area contributed by atoms with Crippen molar-refractivity contribution >= 4 is 8.32 Å². The van der Waals surface area contributed by atoms with Crippen molar-refractivity contribution in [1.29, 1.82) is 0 Å². The normalized spacial score (nSPS) is 37.1. The quantitative estimate of drug-likeness (QED) is 0.793. The highest BCUT2D eigenvalue weighted by Gasteiger charge is 2.53. The highest BCUT2D eigenvalue weighted by Crippen LogP contribution is 2.42. The molecule has 2 rings (SSSR count). The zero-order chi connectivity index (χ0) is 16.1. The summed E-state index contributed by atoms with van der Waals surface area (Å²) in [4.78, 5) is 0. The lowest BCUT2D eigenvalue weighted by Crippen LogP contribution is -2.56. The molecule has 2 fully saturated rings. The Morgan fingerprint density at radius 1 is 1.19 bits per heavy atom. The van der Waals surface area contributed by atoms with Gasteiger partial charge in [-0.1, -0.05) is 20.8 Å². The molecule has 2 aliphatic heterocycles. The van der Waals surface area contributed by atoms with Gasteiger partial charge in [0.05, 0.1) is 18.8 Å². The Hall–Kier alpha value is 0.0169. The molecule has 124 valence electrons. The summed E-state index contributed by atoms with van der Waals surface area (Å²) >= 11 is 0. The average molecular weight is 318 g/mol. The topological polar surface area (TPSA) is 57.2 Å². The van der Waals surface area contributed by atoms with Crippen LogP contribution in [0, 0.1) is 0 Å². The molecule has 1 spiro atoms. The van der Waals surface area contributed by atoms with Gasteiger partial charge >= 0.3 is 0 Å². The van der Waals surface area contributed by atoms with E-state index in [9.17, 15) is 5.11 Å². The van der Waals surface area contributed by atoms with Crippen LogP contribution in [-0.4, -0.2) is 50.4 Å². The average Bonchev–Trinajstić information content (AvgIpc) is 2.57. The van der Waals surface area contributed by atoms with Gasteiger partial charge in [0.2, 0.25) is 0 Å². The van der Waals surface area contributed by atoms with E-state index in [0.717, 1.165) is 0 Å². The van der Waals surface area contributed by atoms with Gasteiger partial charge in [-0.25, -0.2) is 0 Å². The number of hydrogen-bond donors (Lipinski definition) is 1. The summed E-state index contributed by atoms with van der Waals surface area (Å²) < 4.78 is 23.6. The van der Waals surface area contributed by atoms with Gasteiger partial charge in [0.15, 0.2) is 19.9 Å². The minimum absolute atomic E-state index is 0.108. The first-order valence-corrected chi connectivity index (χ1v) is 10.6. The molecule has 5 nitrogen and oxygen atoms in total. The van der Waals surface area contributed by atoms with E-state index in [1.807, 2.05) is 13.8 Å². The monoisotopic (exact) mass is 318 g/mol. The minimum atomic E-state index is -1.93. The standard InChI is InChI=1S/C15H30O5Si/c1-13(2,3)21(6,7)19-12-9-17-15(8-11(12)16)10-18-14(4,5)20-15/h11-12,16H,8-10H2,1-7H3/t11-,12+,15+/m0/s1. The van der Waals surface area contributed by atoms with Gasteiger partial charge in [-0.05, 0) is 32.0 Å². The van der Waals surface area contributed by atoms with Crippen LogP contribution in [-0.2, 0) is 18.6 Å². The van der Waals surface area contributed by atoms with E-state index in [1.54, 1.807) is 0 Å². The second kappa shape index (κ2) is 5.28. The van der Waals surface area contributed by atoms with Gasteiger partial charge in [0.1, 0.15) is 6.61 Å². The van der Waals surface area contributed by atoms with E-state index in [0.29, 0.717) is 19.6 Å². The van der Waals surface area contributed by atoms with Gasteiger partial charge in [-0.15, -0.1) is 0 Å². The minimum Gasteiger partial charge on any atom is -0.409 e. The molecule has 0 saturated carbocycles.